The van der Waals surface area contributed by atoms with E-state index in [9.17, 15) is 0 Å². The van der Waals surface area contributed by atoms with Crippen LogP contribution in [0.2, 0.25) is 0 Å². The molecule has 0 heteroatoms. The first-order valence-corrected chi connectivity index (χ1v) is 18.7. The molecule has 1 atom stereocenters. The molecule has 0 saturated carbocycles. The Kier molecular flexibility index (Phi) is 5.14. The maximum atomic E-state index is 2.57. The fourth-order valence-electron chi connectivity index (χ4n) is 10.8. The zero-order chi connectivity index (χ0) is 34.4. The third kappa shape index (κ3) is 3.29. The molecule has 3 aliphatic rings. The van der Waals surface area contributed by atoms with Crippen LogP contribution in [-0.4, -0.2) is 0 Å². The van der Waals surface area contributed by atoms with E-state index in [1.54, 1.807) is 0 Å². The van der Waals surface area contributed by atoms with Crippen LogP contribution in [0.5, 0.6) is 0 Å². The van der Waals surface area contributed by atoms with Gasteiger partial charge in [-0.25, -0.2) is 0 Å². The Morgan fingerprint density at radius 3 is 1.47 bits per heavy atom. The van der Waals surface area contributed by atoms with Crippen molar-refractivity contribution >= 4 is 43.1 Å². The smallest absolute Gasteiger partial charge is 0.0619 e. The van der Waals surface area contributed by atoms with E-state index in [0.29, 0.717) is 0 Å². The van der Waals surface area contributed by atoms with E-state index < -0.39 is 5.41 Å². The molecular weight excluding hydrogens is 637 g/mol. The van der Waals surface area contributed by atoms with Crippen molar-refractivity contribution in [2.75, 3.05) is 0 Å². The predicted molar refractivity (Wildman–Crippen MR) is 223 cm³/mol. The molecule has 0 aliphatic heterocycles. The van der Waals surface area contributed by atoms with Gasteiger partial charge in [-0.3, -0.25) is 0 Å². The van der Waals surface area contributed by atoms with Gasteiger partial charge in [0.1, 0.15) is 0 Å². The summed E-state index contributed by atoms with van der Waals surface area (Å²) in [5.74, 6) is 0. The number of benzene rings is 10. The average Bonchev–Trinajstić information content (AvgIpc) is 3.83. The van der Waals surface area contributed by atoms with Gasteiger partial charge in [0.2, 0.25) is 0 Å². The molecule has 0 aromatic heterocycles. The first-order valence-electron chi connectivity index (χ1n) is 18.7. The van der Waals surface area contributed by atoms with Gasteiger partial charge < -0.3 is 0 Å². The summed E-state index contributed by atoms with van der Waals surface area (Å²) in [5, 5.41) is 10.6. The number of fused-ring (bicyclic) bond motifs is 20. The van der Waals surface area contributed by atoms with Gasteiger partial charge in [0.05, 0.1) is 5.41 Å². The van der Waals surface area contributed by atoms with Crippen molar-refractivity contribution in [3.8, 4) is 55.6 Å². The van der Waals surface area contributed by atoms with Gasteiger partial charge in [-0.2, -0.15) is 0 Å². The fraction of sp³-hybridized carbons (Fsp3) is 0.0189. The summed E-state index contributed by atoms with van der Waals surface area (Å²) < 4.78 is 0. The largest absolute Gasteiger partial charge is 0.0726 e. The van der Waals surface area contributed by atoms with Gasteiger partial charge in [-0.1, -0.05) is 164 Å². The molecule has 0 radical (unpaired) electrons. The van der Waals surface area contributed by atoms with Crippen molar-refractivity contribution < 1.29 is 0 Å². The standard InChI is InChI=1S/C53H30/c1-2-14-35-33(12-1)34-13-3-5-16-37(34)45-28-31(24-26-39(35)45)32-25-27-41-40-18-7-9-22-47(40)53(49(41)29-32)48-23-10-8-19-43(48)52-44-21-11-20-42-36-15-4-6-17-38(36)46(51(42)44)30-50(52)53/h1-30H. The zero-order valence-electron chi connectivity index (χ0n) is 28.8. The Hall–Kier alpha value is -6.76. The molecule has 0 heterocycles. The molecule has 1 spiro atoms. The van der Waals surface area contributed by atoms with Crippen molar-refractivity contribution in [3.63, 3.8) is 0 Å². The van der Waals surface area contributed by atoms with E-state index >= 15 is 0 Å². The van der Waals surface area contributed by atoms with Gasteiger partial charge in [0.15, 0.2) is 0 Å². The minimum atomic E-state index is -0.439. The molecule has 1 unspecified atom stereocenters. The van der Waals surface area contributed by atoms with Crippen molar-refractivity contribution in [1.82, 2.24) is 0 Å². The highest BCUT2D eigenvalue weighted by atomic mass is 14.5. The van der Waals surface area contributed by atoms with Gasteiger partial charge in [0.25, 0.3) is 0 Å². The molecule has 0 bridgehead atoms. The molecule has 53 heavy (non-hydrogen) atoms. The van der Waals surface area contributed by atoms with Crippen LogP contribution >= 0.6 is 0 Å². The lowest BCUT2D eigenvalue weighted by Gasteiger charge is -2.31. The zero-order valence-corrected chi connectivity index (χ0v) is 28.8. The Morgan fingerprint density at radius 1 is 0.245 bits per heavy atom. The summed E-state index contributed by atoms with van der Waals surface area (Å²) in [4.78, 5) is 0. The van der Waals surface area contributed by atoms with Crippen LogP contribution in [0.25, 0.3) is 98.7 Å². The number of rotatable bonds is 1. The van der Waals surface area contributed by atoms with Crippen LogP contribution in [0.4, 0.5) is 0 Å². The molecule has 0 nitrogen and oxygen atoms in total. The topological polar surface area (TPSA) is 0 Å². The lowest BCUT2D eigenvalue weighted by atomic mass is 9.69. The van der Waals surface area contributed by atoms with E-state index in [1.807, 2.05) is 0 Å². The second-order valence-electron chi connectivity index (χ2n) is 15.1. The molecule has 0 N–H and O–H groups in total. The summed E-state index contributed by atoms with van der Waals surface area (Å²) in [6.45, 7) is 0. The molecule has 0 amide bonds. The van der Waals surface area contributed by atoms with Crippen molar-refractivity contribution in [3.05, 3.63) is 204 Å². The Morgan fingerprint density at radius 2 is 0.736 bits per heavy atom. The minimum absolute atomic E-state index is 0.439. The third-order valence-corrected chi connectivity index (χ3v) is 12.8. The maximum absolute atomic E-state index is 2.57. The van der Waals surface area contributed by atoms with Gasteiger partial charge in [-0.15, -0.1) is 0 Å². The highest BCUT2D eigenvalue weighted by molar-refractivity contribution is 6.26. The van der Waals surface area contributed by atoms with Crippen LogP contribution in [-0.2, 0) is 5.41 Å². The summed E-state index contributed by atoms with van der Waals surface area (Å²) in [7, 11) is 0. The Balaban J connectivity index is 1.13. The first-order chi connectivity index (χ1) is 26.3. The normalized spacial score (nSPS) is 15.6. The molecule has 10 aromatic carbocycles. The molecule has 0 saturated heterocycles. The van der Waals surface area contributed by atoms with E-state index in [2.05, 4.69) is 182 Å². The maximum Gasteiger partial charge on any atom is 0.0726 e. The Bertz CT molecular complexity index is 3250. The quantitative estimate of drug-likeness (QED) is 0.153. The fourth-order valence-corrected chi connectivity index (χ4v) is 10.8. The summed E-state index contributed by atoms with van der Waals surface area (Å²) in [6.07, 6.45) is 0. The summed E-state index contributed by atoms with van der Waals surface area (Å²) in [5.41, 5.74) is 18.4. The number of hydrogen-bond donors (Lipinski definition) is 0. The molecule has 10 aromatic rings. The Labute approximate surface area is 307 Å². The van der Waals surface area contributed by atoms with Gasteiger partial charge in [-0.05, 0) is 139 Å². The summed E-state index contributed by atoms with van der Waals surface area (Å²) in [6, 6.07) is 69.0. The van der Waals surface area contributed by atoms with Gasteiger partial charge in [0, 0.05) is 0 Å². The van der Waals surface area contributed by atoms with Gasteiger partial charge >= 0.3 is 0 Å². The van der Waals surface area contributed by atoms with Crippen LogP contribution in [0.1, 0.15) is 22.3 Å². The lowest BCUT2D eigenvalue weighted by Crippen LogP contribution is -2.26. The SMILES string of the molecule is c1ccc2c(c1)-c1cccc3c4c(cc-2c13)C1(c2ccccc2-c2ccc(-c3ccc5c6ccccc6c6ccccc6c5c3)cc21)c1ccccc1-4. The molecule has 242 valence electrons. The summed E-state index contributed by atoms with van der Waals surface area (Å²) >= 11 is 0. The second kappa shape index (κ2) is 9.76. The van der Waals surface area contributed by atoms with Crippen LogP contribution in [0.3, 0.4) is 0 Å². The molecule has 0 fully saturated rings. The minimum Gasteiger partial charge on any atom is -0.0619 e. The molecule has 13 rings (SSSR count). The molecule has 3 aliphatic carbocycles. The predicted octanol–water partition coefficient (Wildman–Crippen LogP) is 14.0. The van der Waals surface area contributed by atoms with Crippen molar-refractivity contribution in [2.24, 2.45) is 0 Å². The first kappa shape index (κ1) is 27.9. The van der Waals surface area contributed by atoms with E-state index in [4.69, 9.17) is 0 Å². The van der Waals surface area contributed by atoms with E-state index in [-0.39, 0.29) is 0 Å². The highest BCUT2D eigenvalue weighted by Gasteiger charge is 2.52. The van der Waals surface area contributed by atoms with Crippen LogP contribution in [0.15, 0.2) is 182 Å². The highest BCUT2D eigenvalue weighted by Crippen LogP contribution is 2.66. The third-order valence-electron chi connectivity index (χ3n) is 12.8. The van der Waals surface area contributed by atoms with E-state index in [0.717, 1.165) is 0 Å². The van der Waals surface area contributed by atoms with Crippen molar-refractivity contribution in [1.29, 1.82) is 0 Å². The second-order valence-corrected chi connectivity index (χ2v) is 15.1. The monoisotopic (exact) mass is 666 g/mol. The lowest BCUT2D eigenvalue weighted by molar-refractivity contribution is 0.795. The molecular formula is C53H30. The van der Waals surface area contributed by atoms with Crippen LogP contribution in [0, 0.1) is 0 Å². The van der Waals surface area contributed by atoms with Crippen LogP contribution < -0.4 is 0 Å². The van der Waals surface area contributed by atoms with E-state index in [1.165, 1.54) is 121 Å². The number of hydrogen-bond acceptors (Lipinski definition) is 0. The van der Waals surface area contributed by atoms with Crippen molar-refractivity contribution in [2.45, 2.75) is 5.41 Å². The average molecular weight is 667 g/mol.